The van der Waals surface area contributed by atoms with Crippen molar-refractivity contribution in [3.05, 3.63) is 77.8 Å². The first kappa shape index (κ1) is 20.7. The SMILES string of the molecule is CCNCc1cncc(-c2cc3c(-c4cc5c(-c6ccc(F)s6)cccc5[nH]4)n[nH]c3cn2)c1. The van der Waals surface area contributed by atoms with Crippen LogP contribution in [0.3, 0.4) is 0 Å². The molecule has 5 aromatic heterocycles. The quantitative estimate of drug-likeness (QED) is 0.274. The van der Waals surface area contributed by atoms with Crippen LogP contribution in [0.1, 0.15) is 12.5 Å². The van der Waals surface area contributed by atoms with Crippen molar-refractivity contribution in [2.45, 2.75) is 13.5 Å². The Kier molecular flexibility index (Phi) is 5.16. The molecule has 0 bridgehead atoms. The molecule has 0 radical (unpaired) electrons. The summed E-state index contributed by atoms with van der Waals surface area (Å²) in [7, 11) is 0. The highest BCUT2D eigenvalue weighted by atomic mass is 32.1. The van der Waals surface area contributed by atoms with Gasteiger partial charge in [0, 0.05) is 51.2 Å². The first-order chi connectivity index (χ1) is 16.7. The Labute approximate surface area is 198 Å². The Morgan fingerprint density at radius 2 is 1.94 bits per heavy atom. The van der Waals surface area contributed by atoms with E-state index >= 15 is 0 Å². The van der Waals surface area contributed by atoms with Crippen molar-refractivity contribution in [1.29, 1.82) is 0 Å². The lowest BCUT2D eigenvalue weighted by Crippen LogP contribution is -2.11. The fraction of sp³-hybridized carbons (Fsp3) is 0.115. The van der Waals surface area contributed by atoms with E-state index in [2.05, 4.69) is 49.5 Å². The van der Waals surface area contributed by atoms with Gasteiger partial charge in [0.1, 0.15) is 5.69 Å². The van der Waals surface area contributed by atoms with Gasteiger partial charge in [-0.25, -0.2) is 0 Å². The number of aromatic amines is 2. The molecule has 0 amide bonds. The molecule has 0 saturated heterocycles. The molecule has 0 fully saturated rings. The van der Waals surface area contributed by atoms with Gasteiger partial charge in [0.15, 0.2) is 5.13 Å². The van der Waals surface area contributed by atoms with Crippen molar-refractivity contribution in [2.75, 3.05) is 6.54 Å². The highest BCUT2D eigenvalue weighted by molar-refractivity contribution is 7.14. The second-order valence-electron chi connectivity index (χ2n) is 8.10. The van der Waals surface area contributed by atoms with Crippen LogP contribution in [0, 0.1) is 5.13 Å². The first-order valence-corrected chi connectivity index (χ1v) is 11.9. The van der Waals surface area contributed by atoms with Crippen molar-refractivity contribution in [3.63, 3.8) is 0 Å². The summed E-state index contributed by atoms with van der Waals surface area (Å²) >= 11 is 1.15. The zero-order valence-electron chi connectivity index (χ0n) is 18.4. The summed E-state index contributed by atoms with van der Waals surface area (Å²) in [5.74, 6) is 0. The van der Waals surface area contributed by atoms with Crippen molar-refractivity contribution in [1.82, 2.24) is 30.5 Å². The molecule has 1 aromatic carbocycles. The second-order valence-corrected chi connectivity index (χ2v) is 9.14. The smallest absolute Gasteiger partial charge is 0.176 e. The van der Waals surface area contributed by atoms with Crippen LogP contribution in [0.25, 0.3) is 54.9 Å². The van der Waals surface area contributed by atoms with Crippen LogP contribution in [0.15, 0.2) is 67.1 Å². The fourth-order valence-corrected chi connectivity index (χ4v) is 5.00. The minimum absolute atomic E-state index is 0.190. The second kappa shape index (κ2) is 8.48. The molecule has 0 saturated carbocycles. The number of nitrogens with one attached hydrogen (secondary N) is 3. The Balaban J connectivity index is 1.44. The molecule has 34 heavy (non-hydrogen) atoms. The minimum atomic E-state index is -0.190. The number of benzene rings is 1. The van der Waals surface area contributed by atoms with Gasteiger partial charge in [0.05, 0.1) is 23.1 Å². The van der Waals surface area contributed by atoms with Crippen LogP contribution in [0.4, 0.5) is 4.39 Å². The molecule has 5 heterocycles. The largest absolute Gasteiger partial charge is 0.353 e. The van der Waals surface area contributed by atoms with Crippen molar-refractivity contribution >= 4 is 33.1 Å². The Morgan fingerprint density at radius 3 is 2.79 bits per heavy atom. The topological polar surface area (TPSA) is 82.3 Å². The van der Waals surface area contributed by atoms with Crippen LogP contribution >= 0.6 is 11.3 Å². The Bertz CT molecular complexity index is 1630. The third-order valence-electron chi connectivity index (χ3n) is 5.87. The zero-order valence-corrected chi connectivity index (χ0v) is 19.2. The van der Waals surface area contributed by atoms with E-state index in [0.29, 0.717) is 0 Å². The molecule has 6 nitrogen and oxygen atoms in total. The predicted octanol–water partition coefficient (Wildman–Crippen LogP) is 6.15. The summed E-state index contributed by atoms with van der Waals surface area (Å²) in [5, 5.41) is 12.8. The van der Waals surface area contributed by atoms with E-state index in [9.17, 15) is 4.39 Å². The maximum absolute atomic E-state index is 13.7. The summed E-state index contributed by atoms with van der Waals surface area (Å²) in [6.45, 7) is 3.75. The standard InChI is InChI=1S/C26H21FN6S/c1-2-28-11-15-8-16(13-29-12-15)21-10-19-23(14-30-21)32-33-26(19)22-9-18-17(4-3-5-20(18)31-22)24-6-7-25(27)34-24/h3-10,12-14,28,31H,2,11H2,1H3,(H,32,33). The van der Waals surface area contributed by atoms with E-state index in [1.165, 1.54) is 6.07 Å². The van der Waals surface area contributed by atoms with Gasteiger partial charge in [0.2, 0.25) is 0 Å². The Morgan fingerprint density at radius 1 is 1.00 bits per heavy atom. The number of hydrogen-bond acceptors (Lipinski definition) is 5. The fourth-order valence-electron chi connectivity index (χ4n) is 4.23. The number of aromatic nitrogens is 5. The van der Waals surface area contributed by atoms with Gasteiger partial charge in [-0.3, -0.25) is 15.1 Å². The minimum Gasteiger partial charge on any atom is -0.353 e. The van der Waals surface area contributed by atoms with E-state index < -0.39 is 0 Å². The van der Waals surface area contributed by atoms with E-state index in [1.807, 2.05) is 42.7 Å². The number of H-pyrrole nitrogens is 2. The molecular formula is C26H21FN6S. The number of pyridine rings is 2. The monoisotopic (exact) mass is 468 g/mol. The molecule has 0 spiro atoms. The van der Waals surface area contributed by atoms with Gasteiger partial charge in [-0.1, -0.05) is 19.1 Å². The first-order valence-electron chi connectivity index (χ1n) is 11.1. The van der Waals surface area contributed by atoms with Gasteiger partial charge in [-0.2, -0.15) is 9.49 Å². The number of halogens is 1. The lowest BCUT2D eigenvalue weighted by atomic mass is 10.1. The molecule has 3 N–H and O–H groups in total. The molecule has 0 atom stereocenters. The molecule has 6 aromatic rings. The Hall–Kier alpha value is -3.88. The molecular weight excluding hydrogens is 447 g/mol. The summed E-state index contributed by atoms with van der Waals surface area (Å²) in [4.78, 5) is 13.4. The highest BCUT2D eigenvalue weighted by Crippen LogP contribution is 2.36. The van der Waals surface area contributed by atoms with Crippen LogP contribution in [-0.2, 0) is 6.54 Å². The third-order valence-corrected chi connectivity index (χ3v) is 6.78. The van der Waals surface area contributed by atoms with Crippen LogP contribution in [0.2, 0.25) is 0 Å². The van der Waals surface area contributed by atoms with Crippen molar-refractivity contribution < 1.29 is 4.39 Å². The van der Waals surface area contributed by atoms with E-state index in [4.69, 9.17) is 0 Å². The number of rotatable bonds is 6. The molecule has 0 aliphatic heterocycles. The van der Waals surface area contributed by atoms with Crippen LogP contribution in [-0.4, -0.2) is 31.7 Å². The summed E-state index contributed by atoms with van der Waals surface area (Å²) in [6.07, 6.45) is 5.51. The van der Waals surface area contributed by atoms with Gasteiger partial charge in [-0.15, -0.1) is 11.3 Å². The van der Waals surface area contributed by atoms with Crippen LogP contribution in [0.5, 0.6) is 0 Å². The maximum Gasteiger partial charge on any atom is 0.176 e. The predicted molar refractivity (Wildman–Crippen MR) is 135 cm³/mol. The number of hydrogen-bond donors (Lipinski definition) is 3. The third kappa shape index (κ3) is 3.67. The van der Waals surface area contributed by atoms with Crippen LogP contribution < -0.4 is 5.32 Å². The average Bonchev–Trinajstić information content (AvgIpc) is 3.59. The highest BCUT2D eigenvalue weighted by Gasteiger charge is 2.15. The maximum atomic E-state index is 13.7. The van der Waals surface area contributed by atoms with E-state index in [-0.39, 0.29) is 5.13 Å². The van der Waals surface area contributed by atoms with Gasteiger partial charge in [-0.05, 0) is 48.5 Å². The van der Waals surface area contributed by atoms with Crippen molar-refractivity contribution in [2.24, 2.45) is 0 Å². The summed E-state index contributed by atoms with van der Waals surface area (Å²) in [5.41, 5.74) is 7.45. The van der Waals surface area contributed by atoms with Gasteiger partial charge in [0.25, 0.3) is 0 Å². The average molecular weight is 469 g/mol. The normalized spacial score (nSPS) is 11.6. The molecule has 0 aliphatic carbocycles. The molecule has 6 rings (SSSR count). The number of fused-ring (bicyclic) bond motifs is 2. The lowest BCUT2D eigenvalue weighted by molar-refractivity contribution is 0.657. The van der Waals surface area contributed by atoms with Gasteiger partial charge >= 0.3 is 0 Å². The number of nitrogens with zero attached hydrogens (tertiary/aromatic N) is 3. The lowest BCUT2D eigenvalue weighted by Gasteiger charge is -2.05. The summed E-state index contributed by atoms with van der Waals surface area (Å²) in [6, 6.07) is 15.6. The zero-order chi connectivity index (χ0) is 23.1. The van der Waals surface area contributed by atoms with Crippen molar-refractivity contribution in [3.8, 4) is 33.1 Å². The molecule has 8 heteroatoms. The molecule has 168 valence electrons. The molecule has 0 aliphatic rings. The molecule has 0 unspecified atom stereocenters. The van der Waals surface area contributed by atoms with E-state index in [1.54, 1.807) is 6.20 Å². The van der Waals surface area contributed by atoms with Gasteiger partial charge < -0.3 is 10.3 Å². The summed E-state index contributed by atoms with van der Waals surface area (Å²) < 4.78 is 13.7. The van der Waals surface area contributed by atoms with E-state index in [0.717, 1.165) is 84.9 Å². The number of thiophene rings is 1.